The summed E-state index contributed by atoms with van der Waals surface area (Å²) in [7, 11) is 0. The first-order valence-electron chi connectivity index (χ1n) is 12.6. The minimum atomic E-state index is -0.314. The molecule has 2 N–H and O–H groups in total. The summed E-state index contributed by atoms with van der Waals surface area (Å²) in [5.74, 6) is 0.258. The van der Waals surface area contributed by atoms with Crippen molar-refractivity contribution in [1.82, 2.24) is 19.1 Å². The Morgan fingerprint density at radius 2 is 1.70 bits per heavy atom. The number of benzene rings is 2. The number of carbonyl (C=O) groups excluding carboxylic acids is 1. The van der Waals surface area contributed by atoms with Crippen LogP contribution >= 0.6 is 0 Å². The molecule has 0 radical (unpaired) electrons. The standard InChI is InChI=1S/C30H27N5O2/c31-28-27-25(18-35(23-9-4-5-10-23)29(27)33-19-32-28)21-14-12-20(13-15-21)17-26(36)24-11-6-16-34(30(24)37)22-7-2-1-3-8-22/h1-3,6-8,11-16,18-19,23H,4-5,9-10,17H2,(H2,31,32,33). The van der Waals surface area contributed by atoms with Gasteiger partial charge in [0.15, 0.2) is 5.78 Å². The van der Waals surface area contributed by atoms with Gasteiger partial charge in [0.1, 0.15) is 17.8 Å². The second-order valence-electron chi connectivity index (χ2n) is 9.58. The van der Waals surface area contributed by atoms with Crippen molar-refractivity contribution in [2.45, 2.75) is 38.1 Å². The number of nitrogen functional groups attached to an aromatic ring is 1. The number of ketones is 1. The smallest absolute Gasteiger partial charge is 0.265 e. The monoisotopic (exact) mass is 489 g/mol. The number of aromatic nitrogens is 4. The van der Waals surface area contributed by atoms with Crippen LogP contribution in [0.5, 0.6) is 0 Å². The molecule has 1 saturated carbocycles. The highest BCUT2D eigenvalue weighted by Gasteiger charge is 2.23. The molecule has 7 nitrogen and oxygen atoms in total. The highest BCUT2D eigenvalue weighted by atomic mass is 16.1. The summed E-state index contributed by atoms with van der Waals surface area (Å²) in [6.45, 7) is 0. The van der Waals surface area contributed by atoms with E-state index in [-0.39, 0.29) is 23.3 Å². The third kappa shape index (κ3) is 4.22. The Hall–Kier alpha value is -4.52. The first-order chi connectivity index (χ1) is 18.1. The van der Waals surface area contributed by atoms with Crippen LogP contribution in [0, 0.1) is 0 Å². The molecule has 0 saturated heterocycles. The van der Waals surface area contributed by atoms with Gasteiger partial charge in [0.05, 0.1) is 10.9 Å². The number of anilines is 1. The molecule has 0 spiro atoms. The van der Waals surface area contributed by atoms with E-state index in [1.165, 1.54) is 23.7 Å². The largest absolute Gasteiger partial charge is 0.383 e. The normalized spacial score (nSPS) is 13.8. The zero-order valence-corrected chi connectivity index (χ0v) is 20.4. The number of para-hydroxylation sites is 1. The Morgan fingerprint density at radius 3 is 2.46 bits per heavy atom. The molecule has 1 aliphatic rings. The number of hydrogen-bond acceptors (Lipinski definition) is 5. The number of carbonyl (C=O) groups is 1. The van der Waals surface area contributed by atoms with E-state index in [0.29, 0.717) is 11.9 Å². The third-order valence-corrected chi connectivity index (χ3v) is 7.27. The van der Waals surface area contributed by atoms with E-state index in [0.717, 1.165) is 46.3 Å². The predicted molar refractivity (Wildman–Crippen MR) is 145 cm³/mol. The van der Waals surface area contributed by atoms with Crippen molar-refractivity contribution >= 4 is 22.6 Å². The molecule has 0 bridgehead atoms. The van der Waals surface area contributed by atoms with E-state index < -0.39 is 0 Å². The first-order valence-corrected chi connectivity index (χ1v) is 12.6. The Balaban J connectivity index is 1.29. The van der Waals surface area contributed by atoms with Crippen LogP contribution in [0.3, 0.4) is 0 Å². The molecule has 184 valence electrons. The minimum Gasteiger partial charge on any atom is -0.383 e. The Bertz CT molecular complexity index is 1650. The van der Waals surface area contributed by atoms with Gasteiger partial charge < -0.3 is 10.3 Å². The van der Waals surface area contributed by atoms with Gasteiger partial charge in [-0.05, 0) is 48.2 Å². The van der Waals surface area contributed by atoms with E-state index in [1.54, 1.807) is 18.3 Å². The van der Waals surface area contributed by atoms with Gasteiger partial charge in [0, 0.05) is 36.1 Å². The van der Waals surface area contributed by atoms with Crippen molar-refractivity contribution in [2.24, 2.45) is 0 Å². The number of rotatable bonds is 6. The van der Waals surface area contributed by atoms with Crippen LogP contribution in [0.4, 0.5) is 5.82 Å². The van der Waals surface area contributed by atoms with E-state index in [1.807, 2.05) is 54.6 Å². The predicted octanol–water partition coefficient (Wildman–Crippen LogP) is 5.37. The summed E-state index contributed by atoms with van der Waals surface area (Å²) in [5, 5.41) is 0.865. The molecule has 1 fully saturated rings. The van der Waals surface area contributed by atoms with Crippen molar-refractivity contribution in [3.05, 3.63) is 107 Å². The van der Waals surface area contributed by atoms with Gasteiger partial charge in [-0.1, -0.05) is 55.3 Å². The lowest BCUT2D eigenvalue weighted by atomic mass is 10.00. The summed E-state index contributed by atoms with van der Waals surface area (Å²) < 4.78 is 3.75. The Labute approximate surface area is 214 Å². The van der Waals surface area contributed by atoms with Crippen LogP contribution in [0.2, 0.25) is 0 Å². The summed E-state index contributed by atoms with van der Waals surface area (Å²) >= 11 is 0. The van der Waals surface area contributed by atoms with Crippen LogP contribution in [0.1, 0.15) is 47.6 Å². The molecule has 1 aliphatic carbocycles. The maximum atomic E-state index is 13.1. The van der Waals surface area contributed by atoms with Crippen molar-refractivity contribution in [2.75, 3.05) is 5.73 Å². The van der Waals surface area contributed by atoms with Crippen LogP contribution in [-0.4, -0.2) is 24.9 Å². The zero-order chi connectivity index (χ0) is 25.4. The van der Waals surface area contributed by atoms with E-state index >= 15 is 0 Å². The average Bonchev–Trinajstić information content (AvgIpc) is 3.59. The lowest BCUT2D eigenvalue weighted by molar-refractivity contribution is 0.0991. The maximum absolute atomic E-state index is 13.1. The SMILES string of the molecule is Nc1ncnc2c1c(-c1ccc(CC(=O)c3cccn(-c4ccccc4)c3=O)cc1)cn2C1CCCC1. The number of Topliss-reactive ketones (excluding diaryl/α,β-unsaturated/α-hetero) is 1. The fourth-order valence-electron chi connectivity index (χ4n) is 5.37. The molecule has 5 aromatic rings. The average molecular weight is 490 g/mol. The molecular weight excluding hydrogens is 462 g/mol. The molecule has 7 heteroatoms. The van der Waals surface area contributed by atoms with Crippen molar-refractivity contribution < 1.29 is 4.79 Å². The molecule has 2 aromatic carbocycles. The Morgan fingerprint density at radius 1 is 0.946 bits per heavy atom. The van der Waals surface area contributed by atoms with Gasteiger partial charge in [0.2, 0.25) is 0 Å². The number of pyridine rings is 1. The summed E-state index contributed by atoms with van der Waals surface area (Å²) in [6.07, 6.45) is 10.2. The molecule has 0 atom stereocenters. The summed E-state index contributed by atoms with van der Waals surface area (Å²) in [6, 6.07) is 20.9. The van der Waals surface area contributed by atoms with Gasteiger partial charge >= 0.3 is 0 Å². The molecule has 0 aliphatic heterocycles. The van der Waals surface area contributed by atoms with Gasteiger partial charge in [-0.2, -0.15) is 0 Å². The molecule has 3 heterocycles. The Kier molecular flexibility index (Phi) is 5.88. The molecule has 0 amide bonds. The van der Waals surface area contributed by atoms with Crippen molar-refractivity contribution in [3.8, 4) is 16.8 Å². The lowest BCUT2D eigenvalue weighted by Crippen LogP contribution is -2.25. The van der Waals surface area contributed by atoms with Gasteiger partial charge in [-0.25, -0.2) is 9.97 Å². The van der Waals surface area contributed by atoms with Crippen molar-refractivity contribution in [3.63, 3.8) is 0 Å². The fourth-order valence-corrected chi connectivity index (χ4v) is 5.37. The fraction of sp³-hybridized carbons (Fsp3) is 0.200. The molecule has 3 aromatic heterocycles. The van der Waals surface area contributed by atoms with E-state index in [9.17, 15) is 9.59 Å². The minimum absolute atomic E-state index is 0.142. The molecule has 0 unspecified atom stereocenters. The lowest BCUT2D eigenvalue weighted by Gasteiger charge is -2.12. The number of nitrogens with two attached hydrogens (primary N) is 1. The van der Waals surface area contributed by atoms with Crippen LogP contribution in [0.15, 0.2) is 90.2 Å². The zero-order valence-electron chi connectivity index (χ0n) is 20.4. The van der Waals surface area contributed by atoms with Crippen LogP contribution < -0.4 is 11.3 Å². The second kappa shape index (κ2) is 9.50. The van der Waals surface area contributed by atoms with Gasteiger partial charge in [-0.3, -0.25) is 14.2 Å². The van der Waals surface area contributed by atoms with E-state index in [4.69, 9.17) is 5.73 Å². The second-order valence-corrected chi connectivity index (χ2v) is 9.58. The quantitative estimate of drug-likeness (QED) is 0.324. The number of hydrogen-bond donors (Lipinski definition) is 1. The number of nitrogens with zero attached hydrogens (tertiary/aromatic N) is 4. The van der Waals surface area contributed by atoms with Crippen LogP contribution in [0.25, 0.3) is 27.8 Å². The molecule has 6 rings (SSSR count). The highest BCUT2D eigenvalue weighted by molar-refractivity contribution is 6.01. The first kappa shape index (κ1) is 22.9. The summed E-state index contributed by atoms with van der Waals surface area (Å²) in [4.78, 5) is 34.9. The highest BCUT2D eigenvalue weighted by Crippen LogP contribution is 2.38. The summed E-state index contributed by atoms with van der Waals surface area (Å²) in [5.41, 5.74) is 10.6. The topological polar surface area (TPSA) is 95.8 Å². The van der Waals surface area contributed by atoms with Gasteiger partial charge in [0.25, 0.3) is 5.56 Å². The molecule has 37 heavy (non-hydrogen) atoms. The van der Waals surface area contributed by atoms with Gasteiger partial charge in [-0.15, -0.1) is 0 Å². The third-order valence-electron chi connectivity index (χ3n) is 7.27. The molecular formula is C30H27N5O2. The van der Waals surface area contributed by atoms with Crippen molar-refractivity contribution in [1.29, 1.82) is 0 Å². The van der Waals surface area contributed by atoms with E-state index in [2.05, 4.69) is 20.7 Å². The number of fused-ring (bicyclic) bond motifs is 1. The maximum Gasteiger partial charge on any atom is 0.265 e. The van der Waals surface area contributed by atoms with Crippen LogP contribution in [-0.2, 0) is 6.42 Å².